The Morgan fingerprint density at radius 3 is 3.00 bits per heavy atom. The van der Waals surface area contributed by atoms with Crippen LogP contribution in [0.15, 0.2) is 36.4 Å². The zero-order valence-electron chi connectivity index (χ0n) is 13.6. The predicted octanol–water partition coefficient (Wildman–Crippen LogP) is 3.18. The van der Waals surface area contributed by atoms with E-state index >= 15 is 0 Å². The highest BCUT2D eigenvalue weighted by molar-refractivity contribution is 5.76. The first-order valence-corrected chi connectivity index (χ1v) is 8.25. The van der Waals surface area contributed by atoms with Crippen LogP contribution in [0.4, 0.5) is 17.1 Å². The highest BCUT2D eigenvalue weighted by atomic mass is 16.5. The highest BCUT2D eigenvalue weighted by Crippen LogP contribution is 2.42. The summed E-state index contributed by atoms with van der Waals surface area (Å²) in [4.78, 5) is 0. The first kappa shape index (κ1) is 14.9. The van der Waals surface area contributed by atoms with Gasteiger partial charge in [-0.1, -0.05) is 12.1 Å². The van der Waals surface area contributed by atoms with Gasteiger partial charge in [-0.15, -0.1) is 0 Å². The maximum Gasteiger partial charge on any atom is 0.142 e. The van der Waals surface area contributed by atoms with Crippen molar-refractivity contribution in [2.45, 2.75) is 18.4 Å². The van der Waals surface area contributed by atoms with Gasteiger partial charge in [0.25, 0.3) is 0 Å². The van der Waals surface area contributed by atoms with Crippen molar-refractivity contribution >= 4 is 17.1 Å². The van der Waals surface area contributed by atoms with Gasteiger partial charge in [0.05, 0.1) is 24.0 Å². The number of para-hydroxylation sites is 2. The lowest BCUT2D eigenvalue weighted by molar-refractivity contribution is 0.417. The van der Waals surface area contributed by atoms with Crippen molar-refractivity contribution < 1.29 is 4.74 Å². The van der Waals surface area contributed by atoms with Crippen LogP contribution in [0.2, 0.25) is 0 Å². The molecule has 5 nitrogen and oxygen atoms in total. The molecule has 0 bridgehead atoms. The molecule has 5 heteroatoms. The standard InChI is InChI=1S/C19H20N4O/c1-24-18-5-3-2-4-17(18)22-13-8-12(10-20)19-14(9-13)15-11-21-7-6-16(15)23-19/h2-5,8-9,15-16,21-23H,6-7,11H2,1H3. The van der Waals surface area contributed by atoms with Gasteiger partial charge >= 0.3 is 0 Å². The van der Waals surface area contributed by atoms with Crippen molar-refractivity contribution in [3.8, 4) is 11.8 Å². The number of nitrogens with zero attached hydrogens (tertiary/aromatic N) is 1. The van der Waals surface area contributed by atoms with E-state index in [9.17, 15) is 5.26 Å². The van der Waals surface area contributed by atoms with Crippen LogP contribution in [-0.4, -0.2) is 26.2 Å². The van der Waals surface area contributed by atoms with Crippen molar-refractivity contribution in [1.82, 2.24) is 5.32 Å². The number of hydrogen-bond acceptors (Lipinski definition) is 5. The number of methoxy groups -OCH3 is 1. The summed E-state index contributed by atoms with van der Waals surface area (Å²) in [6.07, 6.45) is 1.08. The van der Waals surface area contributed by atoms with Gasteiger partial charge in [0, 0.05) is 24.2 Å². The summed E-state index contributed by atoms with van der Waals surface area (Å²) in [6, 6.07) is 14.6. The predicted molar refractivity (Wildman–Crippen MR) is 95.1 cm³/mol. The van der Waals surface area contributed by atoms with E-state index in [0.29, 0.717) is 17.5 Å². The van der Waals surface area contributed by atoms with Crippen molar-refractivity contribution in [3.05, 3.63) is 47.5 Å². The van der Waals surface area contributed by atoms with Crippen LogP contribution in [0, 0.1) is 11.3 Å². The molecule has 2 aliphatic rings. The van der Waals surface area contributed by atoms with E-state index < -0.39 is 0 Å². The quantitative estimate of drug-likeness (QED) is 0.810. The van der Waals surface area contributed by atoms with Crippen LogP contribution in [-0.2, 0) is 0 Å². The van der Waals surface area contributed by atoms with Gasteiger partial charge in [-0.25, -0.2) is 0 Å². The molecule has 2 aromatic rings. The zero-order chi connectivity index (χ0) is 16.5. The molecule has 0 spiro atoms. The number of nitriles is 1. The summed E-state index contributed by atoms with van der Waals surface area (Å²) < 4.78 is 5.40. The second kappa shape index (κ2) is 6.06. The molecule has 2 unspecified atom stereocenters. The van der Waals surface area contributed by atoms with E-state index in [2.05, 4.69) is 28.1 Å². The van der Waals surface area contributed by atoms with Gasteiger partial charge in [-0.3, -0.25) is 0 Å². The van der Waals surface area contributed by atoms with Gasteiger partial charge in [0.2, 0.25) is 0 Å². The van der Waals surface area contributed by atoms with Crippen LogP contribution < -0.4 is 20.7 Å². The lowest BCUT2D eigenvalue weighted by atomic mass is 9.89. The van der Waals surface area contributed by atoms with Crippen LogP contribution in [0.25, 0.3) is 0 Å². The summed E-state index contributed by atoms with van der Waals surface area (Å²) >= 11 is 0. The Morgan fingerprint density at radius 2 is 2.17 bits per heavy atom. The molecule has 3 N–H and O–H groups in total. The molecule has 0 radical (unpaired) electrons. The van der Waals surface area contributed by atoms with Gasteiger partial charge < -0.3 is 20.7 Å². The second-order valence-corrected chi connectivity index (χ2v) is 6.28. The summed E-state index contributed by atoms with van der Waals surface area (Å²) in [5.74, 6) is 1.20. The van der Waals surface area contributed by atoms with Gasteiger partial charge in [-0.2, -0.15) is 5.26 Å². The lowest BCUT2D eigenvalue weighted by Crippen LogP contribution is -2.38. The molecule has 2 aromatic carbocycles. The summed E-state index contributed by atoms with van der Waals surface area (Å²) in [5.41, 5.74) is 4.74. The van der Waals surface area contributed by atoms with Gasteiger partial charge in [-0.05, 0) is 42.8 Å². The number of fused-ring (bicyclic) bond motifs is 3. The van der Waals surface area contributed by atoms with Crippen LogP contribution in [0.1, 0.15) is 23.5 Å². The first-order valence-electron chi connectivity index (χ1n) is 8.25. The average Bonchev–Trinajstić information content (AvgIpc) is 3.00. The molecule has 2 aliphatic heterocycles. The van der Waals surface area contributed by atoms with E-state index in [1.807, 2.05) is 30.3 Å². The minimum Gasteiger partial charge on any atom is -0.495 e. The first-order chi connectivity index (χ1) is 11.8. The smallest absolute Gasteiger partial charge is 0.142 e. The number of benzene rings is 2. The fraction of sp³-hybridized carbons (Fsp3) is 0.316. The Balaban J connectivity index is 1.72. The van der Waals surface area contributed by atoms with Crippen LogP contribution in [0.3, 0.4) is 0 Å². The van der Waals surface area contributed by atoms with E-state index in [1.165, 1.54) is 5.56 Å². The Hall–Kier alpha value is -2.71. The number of piperidine rings is 1. The zero-order valence-corrected chi connectivity index (χ0v) is 13.6. The fourth-order valence-electron chi connectivity index (χ4n) is 3.73. The molecule has 0 amide bonds. The molecule has 122 valence electrons. The number of hydrogen-bond donors (Lipinski definition) is 3. The van der Waals surface area contributed by atoms with E-state index in [-0.39, 0.29) is 0 Å². The third-order valence-corrected chi connectivity index (χ3v) is 4.89. The van der Waals surface area contributed by atoms with Gasteiger partial charge in [0.1, 0.15) is 11.8 Å². The molecule has 1 saturated heterocycles. The maximum atomic E-state index is 9.57. The third kappa shape index (κ3) is 2.45. The highest BCUT2D eigenvalue weighted by Gasteiger charge is 2.35. The largest absolute Gasteiger partial charge is 0.495 e. The molecule has 0 aliphatic carbocycles. The number of rotatable bonds is 3. The Morgan fingerprint density at radius 1 is 1.29 bits per heavy atom. The Labute approximate surface area is 141 Å². The van der Waals surface area contributed by atoms with Crippen molar-refractivity contribution in [2.24, 2.45) is 0 Å². The third-order valence-electron chi connectivity index (χ3n) is 4.89. The van der Waals surface area contributed by atoms with E-state index in [4.69, 9.17) is 4.74 Å². The molecular weight excluding hydrogens is 300 g/mol. The van der Waals surface area contributed by atoms with Crippen LogP contribution in [0.5, 0.6) is 5.75 Å². The molecule has 2 atom stereocenters. The average molecular weight is 320 g/mol. The summed E-state index contributed by atoms with van der Waals surface area (Å²) in [5, 5.41) is 20.0. The van der Waals surface area contributed by atoms with Crippen molar-refractivity contribution in [1.29, 1.82) is 5.26 Å². The number of nitrogens with one attached hydrogen (secondary N) is 3. The molecule has 24 heavy (non-hydrogen) atoms. The Bertz CT molecular complexity index is 811. The monoisotopic (exact) mass is 320 g/mol. The molecule has 4 rings (SSSR count). The van der Waals surface area contributed by atoms with E-state index in [0.717, 1.165) is 42.3 Å². The van der Waals surface area contributed by atoms with Crippen molar-refractivity contribution in [3.63, 3.8) is 0 Å². The molecule has 1 fully saturated rings. The molecular formula is C19H20N4O. The molecule has 0 saturated carbocycles. The minimum atomic E-state index is 0.417. The van der Waals surface area contributed by atoms with Gasteiger partial charge in [0.15, 0.2) is 0 Å². The summed E-state index contributed by atoms with van der Waals surface area (Å²) in [7, 11) is 1.66. The number of ether oxygens (including phenoxy) is 1. The topological polar surface area (TPSA) is 69.1 Å². The number of anilines is 3. The molecule has 0 aromatic heterocycles. The maximum absolute atomic E-state index is 9.57. The second-order valence-electron chi connectivity index (χ2n) is 6.28. The Kier molecular flexibility index (Phi) is 3.75. The normalized spacial score (nSPS) is 21.2. The van der Waals surface area contributed by atoms with Crippen LogP contribution >= 0.6 is 0 Å². The molecule has 2 heterocycles. The van der Waals surface area contributed by atoms with Crippen molar-refractivity contribution in [2.75, 3.05) is 30.8 Å². The minimum absolute atomic E-state index is 0.417. The summed E-state index contributed by atoms with van der Waals surface area (Å²) in [6.45, 7) is 1.98. The SMILES string of the molecule is COc1ccccc1Nc1cc(C#N)c2c(c1)C1CNCCC1N2. The lowest BCUT2D eigenvalue weighted by Gasteiger charge is -2.26. The fourth-order valence-corrected chi connectivity index (χ4v) is 3.73. The van der Waals surface area contributed by atoms with E-state index in [1.54, 1.807) is 7.11 Å².